The Kier molecular flexibility index (Phi) is 39.4. The second kappa shape index (κ2) is 40.9. The van der Waals surface area contributed by atoms with E-state index >= 15 is 0 Å². The summed E-state index contributed by atoms with van der Waals surface area (Å²) in [4.78, 5) is 37.6. The minimum atomic E-state index is -0.763. The first-order chi connectivity index (χ1) is 25.0. The van der Waals surface area contributed by atoms with Crippen LogP contribution >= 0.6 is 0 Å². The maximum atomic E-state index is 12.7. The van der Waals surface area contributed by atoms with E-state index < -0.39 is 6.10 Å². The molecule has 6 heteroatoms. The highest BCUT2D eigenvalue weighted by Gasteiger charge is 2.19. The van der Waals surface area contributed by atoms with Crippen LogP contribution in [0.4, 0.5) is 0 Å². The van der Waals surface area contributed by atoms with Crippen LogP contribution in [0.1, 0.15) is 239 Å². The molecule has 0 aliphatic rings. The lowest BCUT2D eigenvalue weighted by atomic mass is 10.1. The molecule has 0 heterocycles. The number of esters is 3. The van der Waals surface area contributed by atoms with E-state index in [-0.39, 0.29) is 31.1 Å². The van der Waals surface area contributed by atoms with Crippen LogP contribution in [0, 0.1) is 0 Å². The van der Waals surface area contributed by atoms with Crippen LogP contribution in [0.5, 0.6) is 0 Å². The van der Waals surface area contributed by atoms with Crippen molar-refractivity contribution in [1.82, 2.24) is 0 Å². The van der Waals surface area contributed by atoms with Gasteiger partial charge in [0.15, 0.2) is 6.10 Å². The fraction of sp³-hybridized carbons (Fsp3) is 0.889. The van der Waals surface area contributed by atoms with Gasteiger partial charge in [0.05, 0.1) is 0 Å². The van der Waals surface area contributed by atoms with Crippen molar-refractivity contribution in [3.8, 4) is 0 Å². The van der Waals surface area contributed by atoms with Crippen molar-refractivity contribution in [2.75, 3.05) is 13.2 Å². The van der Waals surface area contributed by atoms with Gasteiger partial charge in [-0.15, -0.1) is 0 Å². The Morgan fingerprint density at radius 2 is 0.647 bits per heavy atom. The molecule has 0 saturated heterocycles. The lowest BCUT2D eigenvalue weighted by Gasteiger charge is -2.18. The minimum Gasteiger partial charge on any atom is -0.462 e. The third kappa shape index (κ3) is 39.2. The molecule has 0 fully saturated rings. The van der Waals surface area contributed by atoms with Gasteiger partial charge in [-0.1, -0.05) is 187 Å². The Bertz CT molecular complexity index is 794. The Labute approximate surface area is 316 Å². The molecule has 0 N–H and O–H groups in total. The summed E-state index contributed by atoms with van der Waals surface area (Å²) in [6.45, 7) is 6.59. The molecule has 0 aliphatic heterocycles. The van der Waals surface area contributed by atoms with E-state index in [1.54, 1.807) is 0 Å². The predicted octanol–water partition coefficient (Wildman–Crippen LogP) is 13.9. The number of unbranched alkanes of at least 4 members (excludes halogenated alkanes) is 27. The average Bonchev–Trinajstić information content (AvgIpc) is 3.12. The van der Waals surface area contributed by atoms with Gasteiger partial charge in [-0.05, 0) is 44.9 Å². The summed E-state index contributed by atoms with van der Waals surface area (Å²) in [5, 5.41) is 0. The Hall–Kier alpha value is -1.85. The van der Waals surface area contributed by atoms with Crippen LogP contribution in [0.25, 0.3) is 0 Å². The van der Waals surface area contributed by atoms with Crippen molar-refractivity contribution in [3.63, 3.8) is 0 Å². The monoisotopic (exact) mass is 721 g/mol. The second-order valence-corrected chi connectivity index (χ2v) is 15.0. The van der Waals surface area contributed by atoms with Crippen molar-refractivity contribution in [3.05, 3.63) is 12.2 Å². The summed E-state index contributed by atoms with van der Waals surface area (Å²) in [7, 11) is 0. The summed E-state index contributed by atoms with van der Waals surface area (Å²) >= 11 is 0. The first kappa shape index (κ1) is 49.1. The average molecular weight is 721 g/mol. The van der Waals surface area contributed by atoms with Crippen LogP contribution in [0.15, 0.2) is 12.2 Å². The quantitative estimate of drug-likeness (QED) is 0.0271. The van der Waals surface area contributed by atoms with E-state index in [1.165, 1.54) is 135 Å². The van der Waals surface area contributed by atoms with Crippen LogP contribution in [0.2, 0.25) is 0 Å². The Balaban J connectivity index is 4.34. The van der Waals surface area contributed by atoms with E-state index in [0.29, 0.717) is 19.3 Å². The molecular formula is C45H84O6. The summed E-state index contributed by atoms with van der Waals surface area (Å²) in [6.07, 6.45) is 41.9. The zero-order chi connectivity index (χ0) is 37.3. The molecule has 0 aliphatic carbocycles. The molecule has 0 aromatic carbocycles. The fourth-order valence-corrected chi connectivity index (χ4v) is 6.38. The molecule has 6 nitrogen and oxygen atoms in total. The van der Waals surface area contributed by atoms with Crippen molar-refractivity contribution in [2.24, 2.45) is 0 Å². The minimum absolute atomic E-state index is 0.0687. The highest BCUT2D eigenvalue weighted by atomic mass is 16.6. The van der Waals surface area contributed by atoms with Gasteiger partial charge in [0.1, 0.15) is 13.2 Å². The first-order valence-corrected chi connectivity index (χ1v) is 22.2. The maximum Gasteiger partial charge on any atom is 0.306 e. The fourth-order valence-electron chi connectivity index (χ4n) is 6.38. The van der Waals surface area contributed by atoms with Crippen molar-refractivity contribution in [1.29, 1.82) is 0 Å². The maximum absolute atomic E-state index is 12.7. The Morgan fingerprint density at radius 1 is 0.373 bits per heavy atom. The van der Waals surface area contributed by atoms with Gasteiger partial charge < -0.3 is 14.2 Å². The molecule has 1 atom stereocenters. The smallest absolute Gasteiger partial charge is 0.306 e. The summed E-state index contributed by atoms with van der Waals surface area (Å²) < 4.78 is 16.7. The van der Waals surface area contributed by atoms with Gasteiger partial charge >= 0.3 is 17.9 Å². The lowest BCUT2D eigenvalue weighted by Crippen LogP contribution is -2.30. The third-order valence-electron chi connectivity index (χ3n) is 9.77. The van der Waals surface area contributed by atoms with Crippen LogP contribution in [-0.4, -0.2) is 37.2 Å². The summed E-state index contributed by atoms with van der Waals surface area (Å²) in [6, 6.07) is 0. The standard InChI is InChI=1S/C45H84O6/c1-4-7-10-13-16-19-21-22-24-26-29-32-35-38-44(47)50-41-42(40-49-43(46)37-34-31-28-25-18-15-12-9-6-3)51-45(48)39-36-33-30-27-23-20-17-14-11-8-5-2/h19,21,42H,4-18,20,22-41H2,1-3H3/b21-19-/t42-/m1/s1. The van der Waals surface area contributed by atoms with E-state index in [9.17, 15) is 14.4 Å². The van der Waals surface area contributed by atoms with E-state index in [1.807, 2.05) is 0 Å². The zero-order valence-electron chi connectivity index (χ0n) is 34.1. The van der Waals surface area contributed by atoms with Crippen LogP contribution in [0.3, 0.4) is 0 Å². The molecule has 0 amide bonds. The topological polar surface area (TPSA) is 78.9 Å². The van der Waals surface area contributed by atoms with Gasteiger partial charge in [0, 0.05) is 19.3 Å². The Morgan fingerprint density at radius 3 is 1.00 bits per heavy atom. The normalized spacial score (nSPS) is 12.0. The number of hydrogen-bond acceptors (Lipinski definition) is 6. The summed E-state index contributed by atoms with van der Waals surface area (Å²) in [5.41, 5.74) is 0. The number of rotatable bonds is 40. The number of carbonyl (C=O) groups is 3. The van der Waals surface area contributed by atoms with Crippen LogP contribution < -0.4 is 0 Å². The molecule has 0 radical (unpaired) electrons. The molecule has 0 bridgehead atoms. The number of hydrogen-bond donors (Lipinski definition) is 0. The third-order valence-corrected chi connectivity index (χ3v) is 9.77. The van der Waals surface area contributed by atoms with Gasteiger partial charge in [0.25, 0.3) is 0 Å². The van der Waals surface area contributed by atoms with Gasteiger partial charge in [-0.3, -0.25) is 14.4 Å². The van der Waals surface area contributed by atoms with E-state index in [0.717, 1.165) is 64.2 Å². The molecular weight excluding hydrogens is 636 g/mol. The molecule has 0 unspecified atom stereocenters. The summed E-state index contributed by atoms with van der Waals surface area (Å²) in [5.74, 6) is -0.875. The van der Waals surface area contributed by atoms with Crippen molar-refractivity contribution in [2.45, 2.75) is 245 Å². The first-order valence-electron chi connectivity index (χ1n) is 22.2. The molecule has 0 aromatic rings. The van der Waals surface area contributed by atoms with Gasteiger partial charge in [-0.2, -0.15) is 0 Å². The predicted molar refractivity (Wildman–Crippen MR) is 215 cm³/mol. The van der Waals surface area contributed by atoms with Crippen molar-refractivity contribution < 1.29 is 28.6 Å². The number of carbonyl (C=O) groups excluding carboxylic acids is 3. The lowest BCUT2D eigenvalue weighted by molar-refractivity contribution is -0.167. The number of ether oxygens (including phenoxy) is 3. The van der Waals surface area contributed by atoms with Crippen molar-refractivity contribution >= 4 is 17.9 Å². The number of allylic oxidation sites excluding steroid dienone is 2. The molecule has 0 aromatic heterocycles. The van der Waals surface area contributed by atoms with E-state index in [2.05, 4.69) is 32.9 Å². The zero-order valence-corrected chi connectivity index (χ0v) is 34.1. The highest BCUT2D eigenvalue weighted by Crippen LogP contribution is 2.14. The second-order valence-electron chi connectivity index (χ2n) is 15.0. The van der Waals surface area contributed by atoms with E-state index in [4.69, 9.17) is 14.2 Å². The molecule has 0 rings (SSSR count). The SMILES string of the molecule is CCCCCC/C=C\CCCCCCCC(=O)OC[C@@H](COC(=O)CCCCCCCCCCC)OC(=O)CCCCCCCCCCCCC. The molecule has 51 heavy (non-hydrogen) atoms. The molecule has 0 saturated carbocycles. The van der Waals surface area contributed by atoms with Gasteiger partial charge in [-0.25, -0.2) is 0 Å². The molecule has 0 spiro atoms. The molecule has 300 valence electrons. The highest BCUT2D eigenvalue weighted by molar-refractivity contribution is 5.71. The largest absolute Gasteiger partial charge is 0.462 e. The van der Waals surface area contributed by atoms with Crippen LogP contribution in [-0.2, 0) is 28.6 Å². The van der Waals surface area contributed by atoms with Gasteiger partial charge in [0.2, 0.25) is 0 Å².